The fraction of sp³-hybridized carbons (Fsp3) is 0.455. The molecule has 1 N–H and O–H groups in total. The van der Waals surface area contributed by atoms with Crippen LogP contribution in [0.5, 0.6) is 0 Å². The van der Waals surface area contributed by atoms with E-state index in [1.807, 2.05) is 6.92 Å². The molecule has 0 saturated carbocycles. The average Bonchev–Trinajstić information content (AvgIpc) is 3.09. The van der Waals surface area contributed by atoms with Crippen molar-refractivity contribution in [3.63, 3.8) is 0 Å². The number of amides is 1. The second kappa shape index (κ2) is 9.40. The van der Waals surface area contributed by atoms with Crippen LogP contribution in [0.15, 0.2) is 24.3 Å². The number of carbonyl (C=O) groups is 2. The highest BCUT2D eigenvalue weighted by molar-refractivity contribution is 7.92. The Kier molecular flexibility index (Phi) is 7.06. The summed E-state index contributed by atoms with van der Waals surface area (Å²) < 4.78 is 31.4. The summed E-state index contributed by atoms with van der Waals surface area (Å²) >= 11 is 1.38. The molecule has 0 fully saturated rings. The van der Waals surface area contributed by atoms with Gasteiger partial charge < -0.3 is 10.1 Å². The molecule has 7 nitrogen and oxygen atoms in total. The van der Waals surface area contributed by atoms with Crippen LogP contribution >= 0.6 is 11.3 Å². The zero-order valence-corrected chi connectivity index (χ0v) is 19.9. The third kappa shape index (κ3) is 4.93. The van der Waals surface area contributed by atoms with E-state index in [1.165, 1.54) is 18.4 Å². The summed E-state index contributed by atoms with van der Waals surface area (Å²) in [5.74, 6) is -0.960. The van der Waals surface area contributed by atoms with Crippen molar-refractivity contribution in [3.05, 3.63) is 45.8 Å². The number of ether oxygens (including phenoxy) is 1. The van der Waals surface area contributed by atoms with Gasteiger partial charge in [0.25, 0.3) is 0 Å². The minimum absolute atomic E-state index is 0.269. The Balaban J connectivity index is 1.98. The second-order valence-corrected chi connectivity index (χ2v) is 10.7. The molecule has 0 saturated heterocycles. The SMILES string of the molecule is CC[C@@H](C(=O)Nc1sc2c(c1C(=O)OC)CCCC2)N(c1ccc(C)cc1)S(C)(=O)=O. The molecule has 1 aromatic carbocycles. The number of thiophene rings is 1. The molecule has 3 rings (SSSR count). The third-order valence-electron chi connectivity index (χ3n) is 5.42. The topological polar surface area (TPSA) is 92.8 Å². The maximum atomic E-state index is 13.3. The Labute approximate surface area is 187 Å². The maximum Gasteiger partial charge on any atom is 0.341 e. The third-order valence-corrected chi connectivity index (χ3v) is 7.80. The average molecular weight is 465 g/mol. The van der Waals surface area contributed by atoms with Crippen LogP contribution in [-0.2, 0) is 32.4 Å². The summed E-state index contributed by atoms with van der Waals surface area (Å²) in [5, 5.41) is 3.27. The molecule has 0 unspecified atom stereocenters. The van der Waals surface area contributed by atoms with Crippen LogP contribution < -0.4 is 9.62 Å². The van der Waals surface area contributed by atoms with Crippen LogP contribution in [0.25, 0.3) is 0 Å². The summed E-state index contributed by atoms with van der Waals surface area (Å²) in [4.78, 5) is 26.8. The lowest BCUT2D eigenvalue weighted by Gasteiger charge is -2.30. The van der Waals surface area contributed by atoms with Crippen LogP contribution in [0.4, 0.5) is 10.7 Å². The fourth-order valence-corrected chi connectivity index (χ4v) is 6.41. The summed E-state index contributed by atoms with van der Waals surface area (Å²) in [6.07, 6.45) is 5.00. The number of esters is 1. The van der Waals surface area contributed by atoms with E-state index < -0.39 is 27.9 Å². The van der Waals surface area contributed by atoms with E-state index >= 15 is 0 Å². The number of fused-ring (bicyclic) bond motifs is 1. The number of hydrogen-bond donors (Lipinski definition) is 1. The Morgan fingerprint density at radius 2 is 1.84 bits per heavy atom. The maximum absolute atomic E-state index is 13.3. The normalized spacial score (nSPS) is 14.5. The van der Waals surface area contributed by atoms with Crippen molar-refractivity contribution in [2.45, 2.75) is 52.0 Å². The lowest BCUT2D eigenvalue weighted by atomic mass is 9.95. The van der Waals surface area contributed by atoms with Gasteiger partial charge in [-0.1, -0.05) is 24.6 Å². The molecule has 1 aliphatic rings. The lowest BCUT2D eigenvalue weighted by Crippen LogP contribution is -2.47. The number of nitrogens with one attached hydrogen (secondary N) is 1. The second-order valence-electron chi connectivity index (χ2n) is 7.71. The van der Waals surface area contributed by atoms with Gasteiger partial charge in [0.1, 0.15) is 11.0 Å². The zero-order chi connectivity index (χ0) is 22.8. The van der Waals surface area contributed by atoms with E-state index in [9.17, 15) is 18.0 Å². The van der Waals surface area contributed by atoms with Gasteiger partial charge in [-0.2, -0.15) is 0 Å². The van der Waals surface area contributed by atoms with Gasteiger partial charge >= 0.3 is 5.97 Å². The molecule has 1 heterocycles. The molecule has 1 aliphatic carbocycles. The van der Waals surface area contributed by atoms with E-state index in [4.69, 9.17) is 4.74 Å². The zero-order valence-electron chi connectivity index (χ0n) is 18.2. The van der Waals surface area contributed by atoms with E-state index in [1.54, 1.807) is 31.2 Å². The standard InChI is InChI=1S/C22H28N2O5S2/c1-5-17(24(31(4,27)28)15-12-10-14(2)11-13-15)20(25)23-21-19(22(26)29-3)16-8-6-7-9-18(16)30-21/h10-13,17H,5-9H2,1-4H3,(H,23,25)/t17-/m0/s1. The first-order valence-electron chi connectivity index (χ1n) is 10.3. The molecule has 0 aliphatic heterocycles. The molecule has 31 heavy (non-hydrogen) atoms. The van der Waals surface area contributed by atoms with Crippen molar-refractivity contribution in [2.24, 2.45) is 0 Å². The van der Waals surface area contributed by atoms with Crippen LogP contribution in [0, 0.1) is 6.92 Å². The number of hydrogen-bond acceptors (Lipinski definition) is 6. The molecule has 1 aromatic heterocycles. The van der Waals surface area contributed by atoms with Crippen molar-refractivity contribution in [1.82, 2.24) is 0 Å². The van der Waals surface area contributed by atoms with E-state index in [0.717, 1.165) is 52.2 Å². The molecule has 168 valence electrons. The first kappa shape index (κ1) is 23.3. The highest BCUT2D eigenvalue weighted by Crippen LogP contribution is 2.39. The number of anilines is 2. The van der Waals surface area contributed by atoms with Gasteiger partial charge in [0, 0.05) is 4.88 Å². The first-order chi connectivity index (χ1) is 14.7. The predicted octanol–water partition coefficient (Wildman–Crippen LogP) is 3.91. The minimum atomic E-state index is -3.73. The number of benzene rings is 1. The van der Waals surface area contributed by atoms with Crippen LogP contribution in [0.1, 0.15) is 52.5 Å². The van der Waals surface area contributed by atoms with Gasteiger partial charge in [-0.05, 0) is 56.7 Å². The van der Waals surface area contributed by atoms with Gasteiger partial charge in [-0.15, -0.1) is 11.3 Å². The summed E-state index contributed by atoms with van der Waals surface area (Å²) in [6.45, 7) is 3.67. The molecule has 0 spiro atoms. The van der Waals surface area contributed by atoms with Gasteiger partial charge in [0.15, 0.2) is 0 Å². The van der Waals surface area contributed by atoms with Crippen molar-refractivity contribution >= 4 is 43.9 Å². The molecule has 0 radical (unpaired) electrons. The van der Waals surface area contributed by atoms with Crippen molar-refractivity contribution < 1.29 is 22.7 Å². The highest BCUT2D eigenvalue weighted by atomic mass is 32.2. The van der Waals surface area contributed by atoms with Gasteiger partial charge in [-0.3, -0.25) is 9.10 Å². The number of nitrogens with zero attached hydrogens (tertiary/aromatic N) is 1. The van der Waals surface area contributed by atoms with E-state index in [-0.39, 0.29) is 6.42 Å². The predicted molar refractivity (Wildman–Crippen MR) is 124 cm³/mol. The van der Waals surface area contributed by atoms with Crippen LogP contribution in [0.2, 0.25) is 0 Å². The molecule has 0 bridgehead atoms. The monoisotopic (exact) mass is 464 g/mol. The quantitative estimate of drug-likeness (QED) is 0.627. The number of sulfonamides is 1. The number of carbonyl (C=O) groups excluding carboxylic acids is 2. The van der Waals surface area contributed by atoms with E-state index in [2.05, 4.69) is 5.32 Å². The molecular formula is C22H28N2O5S2. The Hall–Kier alpha value is -2.39. The Morgan fingerprint density at radius 1 is 1.19 bits per heavy atom. The molecular weight excluding hydrogens is 436 g/mol. The molecule has 2 aromatic rings. The summed E-state index contributed by atoms with van der Waals surface area (Å²) in [7, 11) is -2.41. The van der Waals surface area contributed by atoms with Crippen LogP contribution in [-0.4, -0.2) is 39.7 Å². The van der Waals surface area contributed by atoms with Crippen molar-refractivity contribution in [2.75, 3.05) is 23.0 Å². The number of aryl methyl sites for hydroxylation is 2. The summed E-state index contributed by atoms with van der Waals surface area (Å²) in [5.41, 5.74) is 2.74. The molecule has 1 amide bonds. The smallest absolute Gasteiger partial charge is 0.341 e. The Morgan fingerprint density at radius 3 is 2.42 bits per heavy atom. The van der Waals surface area contributed by atoms with Crippen molar-refractivity contribution in [1.29, 1.82) is 0 Å². The molecule has 9 heteroatoms. The van der Waals surface area contributed by atoms with Gasteiger partial charge in [-0.25, -0.2) is 13.2 Å². The first-order valence-corrected chi connectivity index (χ1v) is 12.9. The summed E-state index contributed by atoms with van der Waals surface area (Å²) in [6, 6.07) is 6.04. The lowest BCUT2D eigenvalue weighted by molar-refractivity contribution is -0.117. The minimum Gasteiger partial charge on any atom is -0.465 e. The number of rotatable bonds is 7. The van der Waals surface area contributed by atoms with Crippen LogP contribution in [0.3, 0.4) is 0 Å². The molecule has 1 atom stereocenters. The largest absolute Gasteiger partial charge is 0.465 e. The highest BCUT2D eigenvalue weighted by Gasteiger charge is 2.34. The Bertz CT molecular complexity index is 1070. The van der Waals surface area contributed by atoms with Crippen molar-refractivity contribution in [3.8, 4) is 0 Å². The van der Waals surface area contributed by atoms with Gasteiger partial charge in [0.2, 0.25) is 15.9 Å². The van der Waals surface area contributed by atoms with Gasteiger partial charge in [0.05, 0.1) is 24.6 Å². The van der Waals surface area contributed by atoms with E-state index in [0.29, 0.717) is 16.3 Å². The fourth-order valence-electron chi connectivity index (χ4n) is 3.92. The number of methoxy groups -OCH3 is 1.